The van der Waals surface area contributed by atoms with Gasteiger partial charge in [0.15, 0.2) is 4.32 Å². The molecule has 0 aliphatic carbocycles. The Morgan fingerprint density at radius 1 is 1.58 bits per heavy atom. The van der Waals surface area contributed by atoms with Gasteiger partial charge in [-0.05, 0) is 5.41 Å². The minimum atomic E-state index is 0.174. The molecule has 68 valence electrons. The lowest BCUT2D eigenvalue weighted by atomic mass is 9.95. The summed E-state index contributed by atoms with van der Waals surface area (Å²) in [5.74, 6) is 6.64. The predicted molar refractivity (Wildman–Crippen MR) is 58.6 cm³/mol. The van der Waals surface area contributed by atoms with Crippen molar-refractivity contribution in [2.24, 2.45) is 11.3 Å². The summed E-state index contributed by atoms with van der Waals surface area (Å²) in [4.78, 5) is 0. The number of allylic oxidation sites excluding steroid dienone is 1. The topological polar surface area (TPSA) is 29.3 Å². The van der Waals surface area contributed by atoms with Crippen LogP contribution in [0.4, 0.5) is 0 Å². The minimum Gasteiger partial charge on any atom is -0.267 e. The fourth-order valence-electron chi connectivity index (χ4n) is 1.00. The van der Waals surface area contributed by atoms with E-state index in [2.05, 4.69) is 26.8 Å². The van der Waals surface area contributed by atoms with E-state index in [-0.39, 0.29) is 5.41 Å². The molecule has 1 aliphatic heterocycles. The second-order valence-electron chi connectivity index (χ2n) is 3.93. The normalized spacial score (nSPS) is 22.5. The molecule has 1 saturated heterocycles. The molecule has 0 aromatic carbocycles. The van der Waals surface area contributed by atoms with Crippen molar-refractivity contribution < 1.29 is 0 Å². The molecule has 0 radical (unpaired) electrons. The summed E-state index contributed by atoms with van der Waals surface area (Å²) in [6, 6.07) is 0. The van der Waals surface area contributed by atoms with Crippen molar-refractivity contribution in [1.29, 1.82) is 0 Å². The monoisotopic (exact) mass is 202 g/mol. The number of hydrazine groups is 1. The number of nitrogens with zero attached hydrogens (tertiary/aromatic N) is 1. The van der Waals surface area contributed by atoms with Crippen LogP contribution in [0.2, 0.25) is 0 Å². The van der Waals surface area contributed by atoms with Crippen LogP contribution in [0.1, 0.15) is 20.8 Å². The first-order valence-corrected chi connectivity index (χ1v) is 5.23. The van der Waals surface area contributed by atoms with E-state index in [9.17, 15) is 0 Å². The zero-order valence-corrected chi connectivity index (χ0v) is 9.26. The van der Waals surface area contributed by atoms with Crippen molar-refractivity contribution in [3.05, 3.63) is 11.8 Å². The van der Waals surface area contributed by atoms with Crippen molar-refractivity contribution in [3.63, 3.8) is 0 Å². The van der Waals surface area contributed by atoms with E-state index in [0.29, 0.717) is 0 Å². The van der Waals surface area contributed by atoms with Crippen molar-refractivity contribution >= 4 is 28.3 Å². The third-order valence-corrected chi connectivity index (χ3v) is 2.88. The fraction of sp³-hybridized carbons (Fsp3) is 0.625. The maximum atomic E-state index is 5.73. The molecule has 2 N–H and O–H groups in total. The molecule has 0 saturated carbocycles. The van der Waals surface area contributed by atoms with Gasteiger partial charge in [-0.2, -0.15) is 0 Å². The first-order valence-electron chi connectivity index (χ1n) is 3.83. The van der Waals surface area contributed by atoms with Crippen LogP contribution in [0.3, 0.4) is 0 Å². The van der Waals surface area contributed by atoms with Crippen molar-refractivity contribution in [2.75, 3.05) is 5.75 Å². The molecule has 1 aliphatic rings. The van der Waals surface area contributed by atoms with E-state index < -0.39 is 0 Å². The Morgan fingerprint density at radius 2 is 2.17 bits per heavy atom. The van der Waals surface area contributed by atoms with Gasteiger partial charge in [0, 0.05) is 11.4 Å². The van der Waals surface area contributed by atoms with Crippen LogP contribution >= 0.6 is 24.0 Å². The molecule has 12 heavy (non-hydrogen) atoms. The first kappa shape index (κ1) is 10.0. The lowest BCUT2D eigenvalue weighted by molar-refractivity contribution is 0.504. The van der Waals surface area contributed by atoms with Gasteiger partial charge in [-0.3, -0.25) is 5.01 Å². The number of thioether (sulfide) groups is 1. The summed E-state index contributed by atoms with van der Waals surface area (Å²) in [6.45, 7) is 6.46. The highest BCUT2D eigenvalue weighted by Gasteiger charge is 2.22. The zero-order valence-electron chi connectivity index (χ0n) is 7.63. The SMILES string of the molecule is CC(C)(C)/C=C1\CSC(=S)N1N. The largest absolute Gasteiger partial charge is 0.267 e. The highest BCUT2D eigenvalue weighted by Crippen LogP contribution is 2.28. The third-order valence-electron chi connectivity index (χ3n) is 1.45. The van der Waals surface area contributed by atoms with Gasteiger partial charge < -0.3 is 0 Å². The smallest absolute Gasteiger partial charge is 0.155 e. The highest BCUT2D eigenvalue weighted by atomic mass is 32.2. The molecule has 1 rings (SSSR count). The average Bonchev–Trinajstić information content (AvgIpc) is 2.16. The van der Waals surface area contributed by atoms with Gasteiger partial charge in [-0.25, -0.2) is 5.84 Å². The van der Waals surface area contributed by atoms with Gasteiger partial charge in [0.25, 0.3) is 0 Å². The number of hydrogen-bond acceptors (Lipinski definition) is 3. The fourth-order valence-corrected chi connectivity index (χ4v) is 2.05. The Morgan fingerprint density at radius 3 is 2.50 bits per heavy atom. The molecule has 0 spiro atoms. The molecule has 0 amide bonds. The molecular weight excluding hydrogens is 188 g/mol. The van der Waals surface area contributed by atoms with Crippen LogP contribution in [0.25, 0.3) is 0 Å². The van der Waals surface area contributed by atoms with Gasteiger partial charge >= 0.3 is 0 Å². The molecule has 4 heteroatoms. The summed E-state index contributed by atoms with van der Waals surface area (Å²) < 4.78 is 0.769. The quantitative estimate of drug-likeness (QED) is 0.481. The lowest BCUT2D eigenvalue weighted by Gasteiger charge is -2.17. The molecule has 0 bridgehead atoms. The Kier molecular flexibility index (Phi) is 2.81. The van der Waals surface area contributed by atoms with Crippen LogP contribution in [-0.2, 0) is 0 Å². The average molecular weight is 202 g/mol. The summed E-state index contributed by atoms with van der Waals surface area (Å²) in [5.41, 5.74) is 1.30. The van der Waals surface area contributed by atoms with Crippen LogP contribution in [0.5, 0.6) is 0 Å². The Hall–Kier alpha value is -0.0600. The highest BCUT2D eigenvalue weighted by molar-refractivity contribution is 8.23. The zero-order chi connectivity index (χ0) is 9.35. The first-order chi connectivity index (χ1) is 5.40. The number of thiocarbonyl (C=S) groups is 1. The standard InChI is InChI=1S/C8H14N2S2/c1-8(2,3)4-6-5-12-7(11)10(6)9/h4H,5,9H2,1-3H3/b6-4+. The maximum Gasteiger partial charge on any atom is 0.155 e. The van der Waals surface area contributed by atoms with E-state index in [4.69, 9.17) is 18.1 Å². The van der Waals surface area contributed by atoms with E-state index in [1.165, 1.54) is 0 Å². The number of hydrogen-bond donors (Lipinski definition) is 1. The van der Waals surface area contributed by atoms with Crippen LogP contribution in [0, 0.1) is 5.41 Å². The summed E-state index contributed by atoms with van der Waals surface area (Å²) in [6.07, 6.45) is 2.17. The van der Waals surface area contributed by atoms with Crippen LogP contribution in [0.15, 0.2) is 11.8 Å². The lowest BCUT2D eigenvalue weighted by Crippen LogP contribution is -2.29. The Balaban J connectivity index is 2.78. The molecule has 1 heterocycles. The van der Waals surface area contributed by atoms with E-state index >= 15 is 0 Å². The summed E-state index contributed by atoms with van der Waals surface area (Å²) in [7, 11) is 0. The third kappa shape index (κ3) is 2.47. The molecule has 1 fully saturated rings. The predicted octanol–water partition coefficient (Wildman–Crippen LogP) is 2.12. The van der Waals surface area contributed by atoms with Gasteiger partial charge in [0.05, 0.1) is 0 Å². The molecule has 0 aromatic heterocycles. The second kappa shape index (κ2) is 3.36. The number of nitrogens with two attached hydrogens (primary N) is 1. The van der Waals surface area contributed by atoms with Crippen LogP contribution in [-0.4, -0.2) is 15.1 Å². The Bertz CT molecular complexity index is 228. The van der Waals surface area contributed by atoms with Crippen molar-refractivity contribution in [2.45, 2.75) is 20.8 Å². The maximum absolute atomic E-state index is 5.73. The van der Waals surface area contributed by atoms with Crippen molar-refractivity contribution in [3.8, 4) is 0 Å². The van der Waals surface area contributed by atoms with Crippen LogP contribution < -0.4 is 5.84 Å². The molecule has 0 atom stereocenters. The van der Waals surface area contributed by atoms with E-state index in [0.717, 1.165) is 15.8 Å². The Labute approximate surface area is 83.2 Å². The van der Waals surface area contributed by atoms with E-state index in [1.54, 1.807) is 16.8 Å². The van der Waals surface area contributed by atoms with Crippen molar-refractivity contribution in [1.82, 2.24) is 5.01 Å². The van der Waals surface area contributed by atoms with Gasteiger partial charge in [-0.1, -0.05) is 50.8 Å². The van der Waals surface area contributed by atoms with Gasteiger partial charge in [-0.15, -0.1) is 0 Å². The molecule has 2 nitrogen and oxygen atoms in total. The second-order valence-corrected chi connectivity index (χ2v) is 5.54. The molecule has 0 aromatic rings. The molecular formula is C8H14N2S2. The summed E-state index contributed by atoms with van der Waals surface area (Å²) in [5, 5.41) is 1.60. The van der Waals surface area contributed by atoms with Gasteiger partial charge in [0.1, 0.15) is 0 Å². The minimum absolute atomic E-state index is 0.174. The summed E-state index contributed by atoms with van der Waals surface area (Å²) >= 11 is 6.65. The van der Waals surface area contributed by atoms with E-state index in [1.807, 2.05) is 0 Å². The van der Waals surface area contributed by atoms with Gasteiger partial charge in [0.2, 0.25) is 0 Å². The molecule has 0 unspecified atom stereocenters. The number of rotatable bonds is 0.